The van der Waals surface area contributed by atoms with E-state index in [0.717, 1.165) is 56.8 Å². The number of benzene rings is 2. The minimum Gasteiger partial charge on any atom is -0.497 e. The SMILES string of the molecule is CCN(C[C@H]1CCCN(CCc2cccc(F)c2)C1)C(=O)c1ccc(OC)cc1. The number of rotatable bonds is 8. The molecule has 5 heteroatoms. The van der Waals surface area contributed by atoms with E-state index in [-0.39, 0.29) is 11.7 Å². The number of methoxy groups -OCH3 is 1. The van der Waals surface area contributed by atoms with Crippen molar-refractivity contribution in [3.8, 4) is 5.75 Å². The van der Waals surface area contributed by atoms with Gasteiger partial charge in [0.1, 0.15) is 11.6 Å². The van der Waals surface area contributed by atoms with Gasteiger partial charge >= 0.3 is 0 Å². The highest BCUT2D eigenvalue weighted by atomic mass is 19.1. The molecule has 4 nitrogen and oxygen atoms in total. The van der Waals surface area contributed by atoms with Crippen molar-refractivity contribution in [2.24, 2.45) is 5.92 Å². The fraction of sp³-hybridized carbons (Fsp3) is 0.458. The Hall–Kier alpha value is -2.40. The minimum absolute atomic E-state index is 0.0760. The second-order valence-electron chi connectivity index (χ2n) is 7.76. The zero-order chi connectivity index (χ0) is 20.6. The van der Waals surface area contributed by atoms with Crippen LogP contribution >= 0.6 is 0 Å². The molecule has 156 valence electrons. The second-order valence-corrected chi connectivity index (χ2v) is 7.76. The first-order valence-corrected chi connectivity index (χ1v) is 10.5. The van der Waals surface area contributed by atoms with Crippen molar-refractivity contribution in [1.82, 2.24) is 9.80 Å². The fourth-order valence-electron chi connectivity index (χ4n) is 4.07. The van der Waals surface area contributed by atoms with Gasteiger partial charge in [-0.2, -0.15) is 0 Å². The summed E-state index contributed by atoms with van der Waals surface area (Å²) in [6.07, 6.45) is 3.14. The van der Waals surface area contributed by atoms with Crippen molar-refractivity contribution < 1.29 is 13.9 Å². The summed E-state index contributed by atoms with van der Waals surface area (Å²) in [5.41, 5.74) is 1.74. The number of nitrogens with zero attached hydrogens (tertiary/aromatic N) is 2. The first-order chi connectivity index (χ1) is 14.1. The maximum absolute atomic E-state index is 13.4. The third-order valence-electron chi connectivity index (χ3n) is 5.69. The predicted molar refractivity (Wildman–Crippen MR) is 114 cm³/mol. The number of likely N-dealkylation sites (tertiary alicyclic amines) is 1. The molecular weight excluding hydrogens is 367 g/mol. The van der Waals surface area contributed by atoms with Crippen LogP contribution in [0, 0.1) is 11.7 Å². The molecule has 0 radical (unpaired) electrons. The molecule has 0 unspecified atom stereocenters. The molecule has 0 spiro atoms. The van der Waals surface area contributed by atoms with E-state index in [1.807, 2.05) is 42.2 Å². The van der Waals surface area contributed by atoms with Gasteiger partial charge in [0.25, 0.3) is 5.91 Å². The van der Waals surface area contributed by atoms with Gasteiger partial charge in [0.2, 0.25) is 0 Å². The number of hydrogen-bond acceptors (Lipinski definition) is 3. The van der Waals surface area contributed by atoms with Crippen LogP contribution in [0.15, 0.2) is 48.5 Å². The zero-order valence-electron chi connectivity index (χ0n) is 17.4. The largest absolute Gasteiger partial charge is 0.497 e. The molecule has 2 aromatic carbocycles. The van der Waals surface area contributed by atoms with Crippen molar-refractivity contribution in [3.63, 3.8) is 0 Å². The Kier molecular flexibility index (Phi) is 7.64. The Balaban J connectivity index is 1.54. The highest BCUT2D eigenvalue weighted by Crippen LogP contribution is 2.20. The smallest absolute Gasteiger partial charge is 0.253 e. The van der Waals surface area contributed by atoms with E-state index in [4.69, 9.17) is 4.74 Å². The number of hydrogen-bond donors (Lipinski definition) is 0. The number of carbonyl (C=O) groups excluding carboxylic acids is 1. The van der Waals surface area contributed by atoms with Gasteiger partial charge in [-0.1, -0.05) is 12.1 Å². The summed E-state index contributed by atoms with van der Waals surface area (Å²) in [6.45, 7) is 6.50. The van der Waals surface area contributed by atoms with Crippen LogP contribution in [0.25, 0.3) is 0 Å². The van der Waals surface area contributed by atoms with Gasteiger partial charge in [0, 0.05) is 31.7 Å². The summed E-state index contributed by atoms with van der Waals surface area (Å²) >= 11 is 0. The molecule has 0 aromatic heterocycles. The van der Waals surface area contributed by atoms with Gasteiger partial charge in [-0.25, -0.2) is 4.39 Å². The van der Waals surface area contributed by atoms with E-state index in [0.29, 0.717) is 18.0 Å². The average molecular weight is 399 g/mol. The highest BCUT2D eigenvalue weighted by molar-refractivity contribution is 5.94. The lowest BCUT2D eigenvalue weighted by molar-refractivity contribution is 0.0690. The Morgan fingerprint density at radius 2 is 2.03 bits per heavy atom. The maximum Gasteiger partial charge on any atom is 0.253 e. The molecular formula is C24H31FN2O2. The first-order valence-electron chi connectivity index (χ1n) is 10.5. The van der Waals surface area contributed by atoms with E-state index in [1.165, 1.54) is 6.07 Å². The third-order valence-corrected chi connectivity index (χ3v) is 5.69. The lowest BCUT2D eigenvalue weighted by Crippen LogP contribution is -2.43. The highest BCUT2D eigenvalue weighted by Gasteiger charge is 2.24. The van der Waals surface area contributed by atoms with E-state index < -0.39 is 0 Å². The summed E-state index contributed by atoms with van der Waals surface area (Å²) in [6, 6.07) is 14.2. The summed E-state index contributed by atoms with van der Waals surface area (Å²) in [4.78, 5) is 17.3. The molecule has 0 N–H and O–H groups in total. The zero-order valence-corrected chi connectivity index (χ0v) is 17.4. The van der Waals surface area contributed by atoms with Crippen molar-refractivity contribution >= 4 is 5.91 Å². The molecule has 0 bridgehead atoms. The normalized spacial score (nSPS) is 17.1. The lowest BCUT2D eigenvalue weighted by Gasteiger charge is -2.35. The molecule has 1 heterocycles. The number of ether oxygens (including phenoxy) is 1. The summed E-state index contributed by atoms with van der Waals surface area (Å²) in [5.74, 6) is 1.13. The Morgan fingerprint density at radius 1 is 1.24 bits per heavy atom. The summed E-state index contributed by atoms with van der Waals surface area (Å²) < 4.78 is 18.6. The van der Waals surface area contributed by atoms with Crippen LogP contribution in [0.5, 0.6) is 5.75 Å². The molecule has 1 amide bonds. The van der Waals surface area contributed by atoms with E-state index >= 15 is 0 Å². The molecule has 3 rings (SSSR count). The average Bonchev–Trinajstić information content (AvgIpc) is 2.76. The third kappa shape index (κ3) is 6.04. The summed E-state index contributed by atoms with van der Waals surface area (Å²) in [7, 11) is 1.62. The van der Waals surface area contributed by atoms with Gasteiger partial charge in [0.05, 0.1) is 7.11 Å². The molecule has 29 heavy (non-hydrogen) atoms. The van der Waals surface area contributed by atoms with Crippen molar-refractivity contribution in [3.05, 3.63) is 65.5 Å². The quantitative estimate of drug-likeness (QED) is 0.666. The van der Waals surface area contributed by atoms with Gasteiger partial charge in [-0.05, 0) is 80.6 Å². The molecule has 1 aliphatic heterocycles. The number of piperidine rings is 1. The van der Waals surface area contributed by atoms with Crippen LogP contribution in [0.4, 0.5) is 4.39 Å². The Morgan fingerprint density at radius 3 is 2.72 bits per heavy atom. The maximum atomic E-state index is 13.4. The molecule has 1 aliphatic rings. The fourth-order valence-corrected chi connectivity index (χ4v) is 4.07. The topological polar surface area (TPSA) is 32.8 Å². The van der Waals surface area contributed by atoms with Gasteiger partial charge in [-0.3, -0.25) is 4.79 Å². The van der Waals surface area contributed by atoms with Crippen molar-refractivity contribution in [2.75, 3.05) is 39.8 Å². The molecule has 1 fully saturated rings. The van der Waals surface area contributed by atoms with Crippen LogP contribution in [-0.2, 0) is 6.42 Å². The molecule has 1 saturated heterocycles. The number of carbonyl (C=O) groups is 1. The van der Waals surface area contributed by atoms with Crippen LogP contribution in [-0.4, -0.2) is 55.5 Å². The Labute approximate surface area is 173 Å². The molecule has 0 aliphatic carbocycles. The number of halogens is 1. The molecule has 2 aromatic rings. The van der Waals surface area contributed by atoms with Gasteiger partial charge in [0.15, 0.2) is 0 Å². The van der Waals surface area contributed by atoms with Gasteiger partial charge < -0.3 is 14.5 Å². The minimum atomic E-state index is -0.172. The van der Waals surface area contributed by atoms with Gasteiger partial charge in [-0.15, -0.1) is 0 Å². The summed E-state index contributed by atoms with van der Waals surface area (Å²) in [5, 5.41) is 0. The lowest BCUT2D eigenvalue weighted by atomic mass is 9.96. The predicted octanol–water partition coefficient (Wildman–Crippen LogP) is 4.25. The van der Waals surface area contributed by atoms with Crippen LogP contribution < -0.4 is 4.74 Å². The second kappa shape index (κ2) is 10.4. The van der Waals surface area contributed by atoms with E-state index in [2.05, 4.69) is 4.90 Å². The molecule has 0 saturated carbocycles. The van der Waals surface area contributed by atoms with E-state index in [9.17, 15) is 9.18 Å². The standard InChI is InChI=1S/C24H31FN2O2/c1-3-27(24(28)21-9-11-23(29-2)12-10-21)18-20-7-5-14-26(17-20)15-13-19-6-4-8-22(25)16-19/h4,6,8-12,16,20H,3,5,7,13-15,17-18H2,1-2H3/t20-/m0/s1. The first kappa shape index (κ1) is 21.3. The van der Waals surface area contributed by atoms with Crippen LogP contribution in [0.2, 0.25) is 0 Å². The number of amides is 1. The van der Waals surface area contributed by atoms with E-state index in [1.54, 1.807) is 19.2 Å². The molecule has 1 atom stereocenters. The van der Waals surface area contributed by atoms with Crippen LogP contribution in [0.1, 0.15) is 35.7 Å². The Bertz CT molecular complexity index is 794. The van der Waals surface area contributed by atoms with Crippen molar-refractivity contribution in [1.29, 1.82) is 0 Å². The van der Waals surface area contributed by atoms with Crippen molar-refractivity contribution in [2.45, 2.75) is 26.2 Å². The van der Waals surface area contributed by atoms with Crippen LogP contribution in [0.3, 0.4) is 0 Å². The monoisotopic (exact) mass is 398 g/mol.